The van der Waals surface area contributed by atoms with Gasteiger partial charge in [0.15, 0.2) is 0 Å². The third kappa shape index (κ3) is 84.0. The molecule has 138 valence electrons. The molecule has 1 saturated carbocycles. The van der Waals surface area contributed by atoms with Crippen molar-refractivity contribution >= 4 is 70.7 Å². The molecule has 23 heavy (non-hydrogen) atoms. The van der Waals surface area contributed by atoms with Crippen molar-refractivity contribution in [3.05, 3.63) is 0 Å². The predicted molar refractivity (Wildman–Crippen MR) is 64.5 cm³/mol. The van der Waals surface area contributed by atoms with Gasteiger partial charge in [-0.3, -0.25) is 0 Å². The maximum absolute atomic E-state index is 9.75. The minimum atomic E-state index is -6.00. The second-order valence-electron chi connectivity index (χ2n) is 3.94. The second kappa shape index (κ2) is 14.2. The number of hydrogen-bond donors (Lipinski definition) is 0. The standard InChI is InChI=1S/C6H11O.3BF4.K/c1-7-5-6-3-2-4-6;3*2-1(3,4)5;/h6H,1-5H2;;;;/q;3*-1;. The van der Waals surface area contributed by atoms with Gasteiger partial charge in [-0.05, 0) is 0 Å². The normalized spacial score (nSPS) is 15.0. The van der Waals surface area contributed by atoms with Gasteiger partial charge in [0.05, 0.1) is 0 Å². The van der Waals surface area contributed by atoms with E-state index in [4.69, 9.17) is 4.74 Å². The Balaban J connectivity index is -0.000000240. The van der Waals surface area contributed by atoms with Crippen molar-refractivity contribution in [1.82, 2.24) is 0 Å². The molecule has 0 bridgehead atoms. The van der Waals surface area contributed by atoms with Crippen molar-refractivity contribution in [2.24, 2.45) is 5.92 Å². The van der Waals surface area contributed by atoms with E-state index in [1.807, 2.05) is 0 Å². The molecule has 0 radical (unpaired) electrons. The zero-order chi connectivity index (χ0) is 19.3. The molecule has 0 unspecified atom stereocenters. The van der Waals surface area contributed by atoms with Gasteiger partial charge in [-0.25, -0.2) is 0 Å². The number of ether oxygens (including phenoxy) is 1. The zero-order valence-electron chi connectivity index (χ0n) is 11.8. The van der Waals surface area contributed by atoms with Crippen LogP contribution in [-0.4, -0.2) is 78.0 Å². The monoisotopic (exact) mass is 399 g/mol. The van der Waals surface area contributed by atoms with Gasteiger partial charge >= 0.3 is 108 Å². The van der Waals surface area contributed by atoms with Gasteiger partial charge in [0.25, 0.3) is 0 Å². The number of hydrogen-bond acceptors (Lipinski definition) is 1. The molecule has 0 aromatic carbocycles. The third-order valence-electron chi connectivity index (χ3n) is 1.78. The summed E-state index contributed by atoms with van der Waals surface area (Å²) in [7, 11) is -18.0. The van der Waals surface area contributed by atoms with Gasteiger partial charge in [0.1, 0.15) is 0 Å². The second-order valence-corrected chi connectivity index (χ2v) is 4.84. The summed E-state index contributed by atoms with van der Waals surface area (Å²) in [6, 6.07) is 0. The van der Waals surface area contributed by atoms with Crippen LogP contribution < -0.4 is 0 Å². The van der Waals surface area contributed by atoms with E-state index < -0.39 is 21.8 Å². The molecule has 1 aliphatic rings. The van der Waals surface area contributed by atoms with Crippen molar-refractivity contribution in [3.8, 4) is 0 Å². The summed E-state index contributed by atoms with van der Waals surface area (Å²) in [5.74, 6) is 0.942. The Bertz CT molecular complexity index is 218. The first-order chi connectivity index (χ1) is 9.93. The molecule has 0 aromatic rings. The minimum absolute atomic E-state index is 0.900. The van der Waals surface area contributed by atoms with E-state index >= 15 is 0 Å². The van der Waals surface area contributed by atoms with E-state index in [-0.39, 0.29) is 0 Å². The molecule has 0 spiro atoms. The molecule has 0 heterocycles. The van der Waals surface area contributed by atoms with Gasteiger partial charge in [-0.2, -0.15) is 0 Å². The van der Waals surface area contributed by atoms with E-state index in [1.54, 1.807) is 0 Å². The Morgan fingerprint density at radius 2 is 0.957 bits per heavy atom. The van der Waals surface area contributed by atoms with Crippen molar-refractivity contribution < 1.29 is 56.5 Å². The summed E-state index contributed by atoms with van der Waals surface area (Å²) >= 11 is 0.900. The quantitative estimate of drug-likeness (QED) is 0.489. The van der Waals surface area contributed by atoms with Crippen LogP contribution in [0.5, 0.6) is 0 Å². The van der Waals surface area contributed by atoms with Crippen LogP contribution in [0.4, 0.5) is 51.8 Å². The van der Waals surface area contributed by atoms with Gasteiger partial charge < -0.3 is 51.8 Å². The summed E-state index contributed by atoms with van der Waals surface area (Å²) in [6.07, 6.45) is 4.29. The van der Waals surface area contributed by atoms with Gasteiger partial charge in [0.2, 0.25) is 0 Å². The molecule has 0 amide bonds. The molecule has 0 N–H and O–H groups in total. The Labute approximate surface area is 158 Å². The average molecular weight is 399 g/mol. The fraction of sp³-hybridized carbons (Fsp3) is 1.00. The van der Waals surface area contributed by atoms with Crippen molar-refractivity contribution in [2.75, 3.05) is 7.31 Å². The Morgan fingerprint density at radius 3 is 1.09 bits per heavy atom. The topological polar surface area (TPSA) is 9.23 Å². The molecule has 0 saturated heterocycles. The zero-order valence-corrected chi connectivity index (χ0v) is 14.9. The Morgan fingerprint density at radius 1 is 0.696 bits per heavy atom. The summed E-state index contributed by atoms with van der Waals surface area (Å²) in [4.78, 5) is 0. The van der Waals surface area contributed by atoms with Crippen molar-refractivity contribution in [3.63, 3.8) is 0 Å². The molecule has 1 aliphatic carbocycles. The molecule has 1 fully saturated rings. The molecule has 0 aromatic heterocycles. The van der Waals surface area contributed by atoms with E-state index in [0.29, 0.717) is 0 Å². The van der Waals surface area contributed by atoms with Crippen LogP contribution in [0.15, 0.2) is 0 Å². The SMILES string of the molecule is F[B-](F)(F)F.F[B-](F)(F)F.F[B-](F)(F)F.[K][CH2]OCC1CCC1. The first-order valence-corrected chi connectivity index (χ1v) is 8.34. The van der Waals surface area contributed by atoms with Crippen LogP contribution in [-0.2, 0) is 4.74 Å². The van der Waals surface area contributed by atoms with Crippen LogP contribution in [0.1, 0.15) is 19.3 Å². The van der Waals surface area contributed by atoms with E-state index in [1.165, 1.54) is 19.3 Å². The molecule has 1 nitrogen and oxygen atoms in total. The van der Waals surface area contributed by atoms with Crippen LogP contribution in [0.2, 0.25) is 0 Å². The van der Waals surface area contributed by atoms with Gasteiger partial charge in [-0.1, -0.05) is 0 Å². The molecular weight excluding hydrogens is 388 g/mol. The third-order valence-corrected chi connectivity index (χ3v) is 2.42. The first kappa shape index (κ1) is 28.7. The Kier molecular flexibility index (Phi) is 17.7. The van der Waals surface area contributed by atoms with Gasteiger partial charge in [-0.15, -0.1) is 0 Å². The van der Waals surface area contributed by atoms with Crippen LogP contribution in [0, 0.1) is 5.92 Å². The van der Waals surface area contributed by atoms with Gasteiger partial charge in [0, 0.05) is 0 Å². The fourth-order valence-corrected chi connectivity index (χ4v) is 1.31. The molecule has 17 heteroatoms. The first-order valence-electron chi connectivity index (χ1n) is 6.13. The number of rotatable bonds is 3. The summed E-state index contributed by atoms with van der Waals surface area (Å²) < 4.78 is 123. The average Bonchev–Trinajstić information content (AvgIpc) is 2.06. The van der Waals surface area contributed by atoms with E-state index in [9.17, 15) is 51.8 Å². The van der Waals surface area contributed by atoms with E-state index in [2.05, 4.69) is 0 Å². The molecule has 0 aliphatic heterocycles. The fourth-order valence-electron chi connectivity index (χ4n) is 0.944. The van der Waals surface area contributed by atoms with Crippen LogP contribution in [0.3, 0.4) is 0 Å². The van der Waals surface area contributed by atoms with Crippen LogP contribution in [0.25, 0.3) is 0 Å². The summed E-state index contributed by atoms with van der Waals surface area (Å²) in [6.45, 7) is 1.06. The predicted octanol–water partition coefficient (Wildman–Crippen LogP) is 4.83. The Hall–Kier alpha value is 0.951. The van der Waals surface area contributed by atoms with Crippen molar-refractivity contribution in [1.29, 1.82) is 0 Å². The molecule has 0 atom stereocenters. The van der Waals surface area contributed by atoms with E-state index in [0.717, 1.165) is 62.2 Å². The molecular formula is C6H11B3F12KO-3. The summed E-state index contributed by atoms with van der Waals surface area (Å²) in [5.41, 5.74) is 0. The maximum atomic E-state index is 9.75. The summed E-state index contributed by atoms with van der Waals surface area (Å²) in [5, 5.41) is 0. The molecule has 1 rings (SSSR count). The van der Waals surface area contributed by atoms with Crippen molar-refractivity contribution in [2.45, 2.75) is 19.3 Å². The van der Waals surface area contributed by atoms with Crippen LogP contribution >= 0.6 is 0 Å². The number of halogens is 12.